The molecule has 0 aliphatic heterocycles. The van der Waals surface area contributed by atoms with Crippen LogP contribution in [0.4, 0.5) is 5.69 Å². The fourth-order valence-corrected chi connectivity index (χ4v) is 2.69. The molecule has 2 aromatic rings. The number of ether oxygens (including phenoxy) is 2. The molecule has 0 heterocycles. The van der Waals surface area contributed by atoms with E-state index in [0.717, 1.165) is 21.4 Å². The molecule has 0 aliphatic carbocycles. The number of amides is 1. The molecular weight excluding hydrogens is 394 g/mol. The highest BCUT2D eigenvalue weighted by molar-refractivity contribution is 9.10. The number of anilines is 1. The van der Waals surface area contributed by atoms with E-state index in [1.807, 2.05) is 43.3 Å². The third-order valence-electron chi connectivity index (χ3n) is 3.56. The molecule has 0 fully saturated rings. The summed E-state index contributed by atoms with van der Waals surface area (Å²) in [6.07, 6.45) is 0. The predicted octanol–water partition coefficient (Wildman–Crippen LogP) is 5.54. The molecule has 0 radical (unpaired) electrons. The minimum Gasteiger partial charge on any atom is -0.489 e. The Bertz CT molecular complexity index is 787. The number of hydrogen-bond donors (Lipinski definition) is 1. The maximum Gasteiger partial charge on any atom is 0.262 e. The van der Waals surface area contributed by atoms with E-state index in [1.54, 1.807) is 6.07 Å². The highest BCUT2D eigenvalue weighted by Gasteiger charge is 2.11. The zero-order valence-corrected chi connectivity index (χ0v) is 16.9. The Balaban J connectivity index is 1.95. The molecule has 26 heavy (non-hydrogen) atoms. The second kappa shape index (κ2) is 9.43. The highest BCUT2D eigenvalue weighted by Crippen LogP contribution is 2.29. The summed E-state index contributed by atoms with van der Waals surface area (Å²) in [5, 5.41) is 2.82. The number of benzene rings is 2. The van der Waals surface area contributed by atoms with E-state index in [1.165, 1.54) is 0 Å². The number of nitrogens with one attached hydrogen (secondary N) is 1. The molecule has 0 saturated heterocycles. The van der Waals surface area contributed by atoms with E-state index in [4.69, 9.17) is 9.47 Å². The van der Waals surface area contributed by atoms with Crippen molar-refractivity contribution >= 4 is 27.5 Å². The number of rotatable bonds is 8. The van der Waals surface area contributed by atoms with Crippen LogP contribution in [0.25, 0.3) is 0 Å². The lowest BCUT2D eigenvalue weighted by molar-refractivity contribution is -0.118. The fraction of sp³-hybridized carbons (Fsp3) is 0.286. The SMILES string of the molecule is C=C(C)COc1cccc(NC(=O)COc2ccc(Br)cc2C(C)C)c1. The molecule has 0 aromatic heterocycles. The van der Waals surface area contributed by atoms with Crippen molar-refractivity contribution in [3.8, 4) is 11.5 Å². The molecule has 0 spiro atoms. The van der Waals surface area contributed by atoms with Crippen LogP contribution in [0.15, 0.2) is 59.1 Å². The summed E-state index contributed by atoms with van der Waals surface area (Å²) in [4.78, 5) is 12.2. The van der Waals surface area contributed by atoms with Crippen molar-refractivity contribution in [3.63, 3.8) is 0 Å². The van der Waals surface area contributed by atoms with Crippen molar-refractivity contribution in [2.75, 3.05) is 18.5 Å². The normalized spacial score (nSPS) is 10.5. The van der Waals surface area contributed by atoms with Gasteiger partial charge in [0.1, 0.15) is 18.1 Å². The van der Waals surface area contributed by atoms with E-state index in [0.29, 0.717) is 24.0 Å². The van der Waals surface area contributed by atoms with E-state index in [9.17, 15) is 4.79 Å². The molecule has 2 rings (SSSR count). The topological polar surface area (TPSA) is 47.6 Å². The third kappa shape index (κ3) is 6.23. The molecule has 1 N–H and O–H groups in total. The van der Waals surface area contributed by atoms with Crippen LogP contribution >= 0.6 is 15.9 Å². The first kappa shape index (κ1) is 20.0. The van der Waals surface area contributed by atoms with Crippen molar-refractivity contribution in [1.29, 1.82) is 0 Å². The lowest BCUT2D eigenvalue weighted by Gasteiger charge is -2.14. The summed E-state index contributed by atoms with van der Waals surface area (Å²) in [5.74, 6) is 1.48. The van der Waals surface area contributed by atoms with Crippen LogP contribution in [0.3, 0.4) is 0 Å². The zero-order valence-electron chi connectivity index (χ0n) is 15.3. The molecule has 2 aromatic carbocycles. The summed E-state index contributed by atoms with van der Waals surface area (Å²) < 4.78 is 12.3. The first-order chi connectivity index (χ1) is 12.3. The minimum absolute atomic E-state index is 0.0573. The molecule has 5 heteroatoms. The van der Waals surface area contributed by atoms with Gasteiger partial charge in [0.25, 0.3) is 5.91 Å². The Morgan fingerprint density at radius 3 is 2.62 bits per heavy atom. The molecule has 0 saturated carbocycles. The number of halogens is 1. The Kier molecular flexibility index (Phi) is 7.27. The molecule has 1 amide bonds. The number of carbonyl (C=O) groups is 1. The Morgan fingerprint density at radius 2 is 1.92 bits per heavy atom. The summed E-state index contributed by atoms with van der Waals surface area (Å²) in [6, 6.07) is 13.0. The van der Waals surface area contributed by atoms with Crippen molar-refractivity contribution in [2.45, 2.75) is 26.7 Å². The Morgan fingerprint density at radius 1 is 1.15 bits per heavy atom. The van der Waals surface area contributed by atoms with Crippen LogP contribution in [0.2, 0.25) is 0 Å². The lowest BCUT2D eigenvalue weighted by Crippen LogP contribution is -2.20. The molecular formula is C21H24BrNO3. The van der Waals surface area contributed by atoms with Crippen molar-refractivity contribution < 1.29 is 14.3 Å². The fourth-order valence-electron chi connectivity index (χ4n) is 2.31. The lowest BCUT2D eigenvalue weighted by atomic mass is 10.0. The largest absolute Gasteiger partial charge is 0.489 e. The molecule has 138 valence electrons. The number of carbonyl (C=O) groups excluding carboxylic acids is 1. The van der Waals surface area contributed by atoms with Gasteiger partial charge in [-0.2, -0.15) is 0 Å². The van der Waals surface area contributed by atoms with E-state index < -0.39 is 0 Å². The Hall–Kier alpha value is -2.27. The third-order valence-corrected chi connectivity index (χ3v) is 4.05. The Labute approximate surface area is 163 Å². The van der Waals surface area contributed by atoms with Gasteiger partial charge in [-0.05, 0) is 54.3 Å². The summed E-state index contributed by atoms with van der Waals surface area (Å²) in [6.45, 7) is 10.3. The smallest absolute Gasteiger partial charge is 0.262 e. The van der Waals surface area contributed by atoms with Crippen LogP contribution in [-0.4, -0.2) is 19.1 Å². The maximum atomic E-state index is 12.2. The summed E-state index contributed by atoms with van der Waals surface area (Å²) >= 11 is 3.47. The van der Waals surface area contributed by atoms with Gasteiger partial charge in [-0.3, -0.25) is 4.79 Å². The highest BCUT2D eigenvalue weighted by atomic mass is 79.9. The number of hydrogen-bond acceptors (Lipinski definition) is 3. The van der Waals surface area contributed by atoms with E-state index in [-0.39, 0.29) is 12.5 Å². The van der Waals surface area contributed by atoms with Gasteiger partial charge in [-0.15, -0.1) is 0 Å². The van der Waals surface area contributed by atoms with Crippen LogP contribution in [-0.2, 0) is 4.79 Å². The second-order valence-electron chi connectivity index (χ2n) is 6.45. The van der Waals surface area contributed by atoms with Gasteiger partial charge in [0.05, 0.1) is 0 Å². The average Bonchev–Trinajstić information content (AvgIpc) is 2.59. The van der Waals surface area contributed by atoms with Crippen LogP contribution in [0, 0.1) is 0 Å². The molecule has 4 nitrogen and oxygen atoms in total. The average molecular weight is 418 g/mol. The van der Waals surface area contributed by atoms with Crippen molar-refractivity contribution in [1.82, 2.24) is 0 Å². The molecule has 0 aliphatic rings. The van der Waals surface area contributed by atoms with Crippen molar-refractivity contribution in [3.05, 3.63) is 64.7 Å². The van der Waals surface area contributed by atoms with Gasteiger partial charge < -0.3 is 14.8 Å². The first-order valence-electron chi connectivity index (χ1n) is 8.44. The zero-order chi connectivity index (χ0) is 19.1. The molecule has 0 bridgehead atoms. The molecule has 0 atom stereocenters. The van der Waals surface area contributed by atoms with Gasteiger partial charge >= 0.3 is 0 Å². The standard InChI is InChI=1S/C21H24BrNO3/c1-14(2)12-25-18-7-5-6-17(11-18)23-21(24)13-26-20-9-8-16(22)10-19(20)15(3)4/h5-11,15H,1,12-13H2,2-4H3,(H,23,24). The summed E-state index contributed by atoms with van der Waals surface area (Å²) in [5.41, 5.74) is 2.66. The first-order valence-corrected chi connectivity index (χ1v) is 9.24. The predicted molar refractivity (Wildman–Crippen MR) is 109 cm³/mol. The van der Waals surface area contributed by atoms with Gasteiger partial charge in [-0.25, -0.2) is 0 Å². The van der Waals surface area contributed by atoms with E-state index >= 15 is 0 Å². The second-order valence-corrected chi connectivity index (χ2v) is 7.36. The van der Waals surface area contributed by atoms with Gasteiger partial charge in [-0.1, -0.05) is 42.4 Å². The summed E-state index contributed by atoms with van der Waals surface area (Å²) in [7, 11) is 0. The van der Waals surface area contributed by atoms with Gasteiger partial charge in [0, 0.05) is 16.2 Å². The minimum atomic E-state index is -0.223. The van der Waals surface area contributed by atoms with Crippen LogP contribution in [0.1, 0.15) is 32.3 Å². The maximum absolute atomic E-state index is 12.2. The van der Waals surface area contributed by atoms with Crippen LogP contribution < -0.4 is 14.8 Å². The van der Waals surface area contributed by atoms with Crippen LogP contribution in [0.5, 0.6) is 11.5 Å². The monoisotopic (exact) mass is 417 g/mol. The van der Waals surface area contributed by atoms with Gasteiger partial charge in [0.15, 0.2) is 6.61 Å². The molecule has 0 unspecified atom stereocenters. The quantitative estimate of drug-likeness (QED) is 0.573. The van der Waals surface area contributed by atoms with E-state index in [2.05, 4.69) is 41.7 Å². The van der Waals surface area contributed by atoms with Crippen molar-refractivity contribution in [2.24, 2.45) is 0 Å². The van der Waals surface area contributed by atoms with Gasteiger partial charge in [0.2, 0.25) is 0 Å².